The van der Waals surface area contributed by atoms with Gasteiger partial charge in [-0.25, -0.2) is 9.97 Å². The van der Waals surface area contributed by atoms with Gasteiger partial charge in [0.1, 0.15) is 10.5 Å². The van der Waals surface area contributed by atoms with E-state index in [0.29, 0.717) is 16.5 Å². The Morgan fingerprint density at radius 1 is 1.16 bits per heavy atom. The van der Waals surface area contributed by atoms with E-state index in [2.05, 4.69) is 47.4 Å². The Morgan fingerprint density at radius 2 is 2.00 bits per heavy atom. The molecule has 2 unspecified atom stereocenters. The lowest BCUT2D eigenvalue weighted by Crippen LogP contribution is -2.33. The van der Waals surface area contributed by atoms with Crippen molar-refractivity contribution in [1.82, 2.24) is 20.3 Å². The minimum atomic E-state index is -0.421. The van der Waals surface area contributed by atoms with Gasteiger partial charge in [-0.2, -0.15) is 0 Å². The minimum absolute atomic E-state index is 0.192. The molecule has 0 bridgehead atoms. The second kappa shape index (κ2) is 10.6. The molecule has 5 rings (SSSR count). The zero-order chi connectivity index (χ0) is 26.9. The standard InChI is InChI=1S/C29H32N6O2S/c1-29(2,3)20-7-8-22-18(12-20)11-19-14-25(38-28(19)35-22)27(37)34-23(15-30)17-5-4-6-21(13-17)33-26(36)24-16-31-9-10-32-24/h4-6,9-11,13-14,16,20,23H,7-8,12,15,30H2,1-3H3,(H,33,36)(H,34,37). The first-order valence-electron chi connectivity index (χ1n) is 12.8. The maximum absolute atomic E-state index is 13.2. The number of amides is 2. The van der Waals surface area contributed by atoms with Gasteiger partial charge in [0.05, 0.1) is 17.1 Å². The first-order valence-corrected chi connectivity index (χ1v) is 13.6. The number of hydrogen-bond donors (Lipinski definition) is 3. The number of rotatable bonds is 6. The number of aromatic nitrogens is 3. The van der Waals surface area contributed by atoms with Crippen molar-refractivity contribution in [1.29, 1.82) is 0 Å². The van der Waals surface area contributed by atoms with Crippen LogP contribution in [0, 0.1) is 11.3 Å². The van der Waals surface area contributed by atoms with Crippen LogP contribution in [0.15, 0.2) is 55.0 Å². The van der Waals surface area contributed by atoms with Crippen molar-refractivity contribution in [3.8, 4) is 0 Å². The second-order valence-corrected chi connectivity index (χ2v) is 11.9. The van der Waals surface area contributed by atoms with Crippen LogP contribution in [0.5, 0.6) is 0 Å². The van der Waals surface area contributed by atoms with Gasteiger partial charge in [0.25, 0.3) is 11.8 Å². The Bertz CT molecular complexity index is 1480. The Balaban J connectivity index is 1.31. The SMILES string of the molecule is CC(C)(C)C1CCc2nc3sc(C(=O)NC(CN)c4cccc(NC(=O)c5cnccn5)c4)cc3cc2C1. The molecule has 8 nitrogen and oxygen atoms in total. The average molecular weight is 529 g/mol. The molecule has 1 aliphatic carbocycles. The van der Waals surface area contributed by atoms with Crippen LogP contribution in [0.2, 0.25) is 0 Å². The molecule has 4 N–H and O–H groups in total. The predicted molar refractivity (Wildman–Crippen MR) is 150 cm³/mol. The summed E-state index contributed by atoms with van der Waals surface area (Å²) < 4.78 is 0. The lowest BCUT2D eigenvalue weighted by molar-refractivity contribution is 0.0941. The zero-order valence-corrected chi connectivity index (χ0v) is 22.6. The first-order chi connectivity index (χ1) is 18.2. The molecule has 9 heteroatoms. The number of thiophene rings is 1. The van der Waals surface area contributed by atoms with E-state index in [-0.39, 0.29) is 29.5 Å². The molecule has 2 atom stereocenters. The number of carbonyl (C=O) groups is 2. The summed E-state index contributed by atoms with van der Waals surface area (Å²) in [6.45, 7) is 7.12. The number of nitrogens with two attached hydrogens (primary N) is 1. The van der Waals surface area contributed by atoms with Crippen molar-refractivity contribution in [3.63, 3.8) is 0 Å². The van der Waals surface area contributed by atoms with Crippen molar-refractivity contribution < 1.29 is 9.59 Å². The van der Waals surface area contributed by atoms with Crippen LogP contribution in [-0.4, -0.2) is 33.3 Å². The van der Waals surface area contributed by atoms with Crippen molar-refractivity contribution in [2.24, 2.45) is 17.1 Å². The van der Waals surface area contributed by atoms with Crippen LogP contribution < -0.4 is 16.4 Å². The van der Waals surface area contributed by atoms with Crippen molar-refractivity contribution in [2.45, 2.75) is 46.1 Å². The average Bonchev–Trinajstić information content (AvgIpc) is 3.33. The van der Waals surface area contributed by atoms with E-state index in [4.69, 9.17) is 10.7 Å². The predicted octanol–water partition coefficient (Wildman–Crippen LogP) is 4.92. The van der Waals surface area contributed by atoms with E-state index in [1.165, 1.54) is 35.5 Å². The number of aryl methyl sites for hydroxylation is 1. The van der Waals surface area contributed by atoms with E-state index < -0.39 is 6.04 Å². The molecule has 1 aliphatic rings. The molecule has 2 amide bonds. The highest BCUT2D eigenvalue weighted by atomic mass is 32.1. The maximum atomic E-state index is 13.2. The third-order valence-electron chi connectivity index (χ3n) is 7.21. The van der Waals surface area contributed by atoms with Gasteiger partial charge in [-0.1, -0.05) is 32.9 Å². The van der Waals surface area contributed by atoms with E-state index in [9.17, 15) is 9.59 Å². The van der Waals surface area contributed by atoms with Crippen LogP contribution in [-0.2, 0) is 12.8 Å². The summed E-state index contributed by atoms with van der Waals surface area (Å²) in [7, 11) is 0. The van der Waals surface area contributed by atoms with Gasteiger partial charge in [0, 0.05) is 35.7 Å². The molecule has 3 aromatic heterocycles. The van der Waals surface area contributed by atoms with Crippen LogP contribution in [0.25, 0.3) is 10.2 Å². The first kappa shape index (κ1) is 25.9. The lowest BCUT2D eigenvalue weighted by atomic mass is 9.71. The normalized spacial score (nSPS) is 16.1. The summed E-state index contributed by atoms with van der Waals surface area (Å²) in [6, 6.07) is 11.0. The van der Waals surface area contributed by atoms with Gasteiger partial charge in [0.2, 0.25) is 0 Å². The van der Waals surface area contributed by atoms with E-state index >= 15 is 0 Å². The Kier molecular flexibility index (Phi) is 7.23. The largest absolute Gasteiger partial charge is 0.343 e. The molecule has 196 valence electrons. The van der Waals surface area contributed by atoms with Crippen LogP contribution >= 0.6 is 11.3 Å². The molecule has 0 saturated heterocycles. The van der Waals surface area contributed by atoms with Gasteiger partial charge < -0.3 is 16.4 Å². The number of hydrogen-bond acceptors (Lipinski definition) is 7. The summed E-state index contributed by atoms with van der Waals surface area (Å²) in [4.78, 5) is 40.1. The number of nitrogens with one attached hydrogen (secondary N) is 2. The van der Waals surface area contributed by atoms with Crippen molar-refractivity contribution >= 4 is 39.1 Å². The van der Waals surface area contributed by atoms with Crippen LogP contribution in [0.3, 0.4) is 0 Å². The fraction of sp³-hybridized carbons (Fsp3) is 0.345. The number of nitrogens with zero attached hydrogens (tertiary/aromatic N) is 3. The van der Waals surface area contributed by atoms with Crippen LogP contribution in [0.1, 0.15) is 70.2 Å². The Hall–Kier alpha value is -3.69. The van der Waals surface area contributed by atoms with Crippen LogP contribution in [0.4, 0.5) is 5.69 Å². The summed E-state index contributed by atoms with van der Waals surface area (Å²) in [5.41, 5.74) is 10.4. The van der Waals surface area contributed by atoms with Gasteiger partial charge >= 0.3 is 0 Å². The highest BCUT2D eigenvalue weighted by Crippen LogP contribution is 2.38. The second-order valence-electron chi connectivity index (χ2n) is 10.8. The monoisotopic (exact) mass is 528 g/mol. The molecular weight excluding hydrogens is 496 g/mol. The van der Waals surface area contributed by atoms with Gasteiger partial charge in [-0.05, 0) is 66.0 Å². The summed E-state index contributed by atoms with van der Waals surface area (Å²) in [5.74, 6) is 0.0722. The fourth-order valence-corrected chi connectivity index (χ4v) is 5.86. The lowest BCUT2D eigenvalue weighted by Gasteiger charge is -2.34. The van der Waals surface area contributed by atoms with Crippen molar-refractivity contribution in [3.05, 3.63) is 82.4 Å². The maximum Gasteiger partial charge on any atom is 0.275 e. The Labute approximate surface area is 226 Å². The molecule has 38 heavy (non-hydrogen) atoms. The van der Waals surface area contributed by atoms with E-state index in [0.717, 1.165) is 40.7 Å². The Morgan fingerprint density at radius 3 is 2.74 bits per heavy atom. The molecule has 0 spiro atoms. The number of carbonyl (C=O) groups excluding carboxylic acids is 2. The van der Waals surface area contributed by atoms with Gasteiger partial charge in [-0.3, -0.25) is 14.6 Å². The molecule has 1 aromatic carbocycles. The molecule has 4 aromatic rings. The number of benzene rings is 1. The van der Waals surface area contributed by atoms with Crippen molar-refractivity contribution in [2.75, 3.05) is 11.9 Å². The molecule has 0 fully saturated rings. The summed E-state index contributed by atoms with van der Waals surface area (Å²) in [6.07, 6.45) is 7.52. The van der Waals surface area contributed by atoms with E-state index in [1.54, 1.807) is 12.1 Å². The quantitative estimate of drug-likeness (QED) is 0.326. The highest BCUT2D eigenvalue weighted by molar-refractivity contribution is 7.20. The number of fused-ring (bicyclic) bond motifs is 2. The topological polar surface area (TPSA) is 123 Å². The zero-order valence-electron chi connectivity index (χ0n) is 21.8. The molecule has 0 radical (unpaired) electrons. The number of pyridine rings is 1. The molecule has 0 aliphatic heterocycles. The summed E-state index contributed by atoms with van der Waals surface area (Å²) >= 11 is 1.41. The number of anilines is 1. The van der Waals surface area contributed by atoms with E-state index in [1.807, 2.05) is 18.2 Å². The van der Waals surface area contributed by atoms with Gasteiger partial charge in [-0.15, -0.1) is 11.3 Å². The highest BCUT2D eigenvalue weighted by Gasteiger charge is 2.30. The third kappa shape index (κ3) is 5.58. The third-order valence-corrected chi connectivity index (χ3v) is 8.25. The van der Waals surface area contributed by atoms with Gasteiger partial charge in [0.15, 0.2) is 0 Å². The summed E-state index contributed by atoms with van der Waals surface area (Å²) in [5, 5.41) is 6.88. The minimum Gasteiger partial charge on any atom is -0.343 e. The fourth-order valence-electron chi connectivity index (χ4n) is 4.93. The molecular formula is C29H32N6O2S. The smallest absolute Gasteiger partial charge is 0.275 e. The molecule has 3 heterocycles. The molecule has 0 saturated carbocycles.